The molecule has 2 atom stereocenters. The highest BCUT2D eigenvalue weighted by Gasteiger charge is 2.29. The van der Waals surface area contributed by atoms with Crippen LogP contribution in [0.5, 0.6) is 0 Å². The largest absolute Gasteiger partial charge is 0.346 e. The molecule has 3 aromatic rings. The Kier molecular flexibility index (Phi) is 2.53. The second-order valence-electron chi connectivity index (χ2n) is 5.34. The summed E-state index contributed by atoms with van der Waals surface area (Å²) in [6, 6.07) is 1.83. The summed E-state index contributed by atoms with van der Waals surface area (Å²) in [5.41, 5.74) is 2.65. The molecule has 0 amide bonds. The molecule has 0 unspecified atom stereocenters. The molecule has 20 heavy (non-hydrogen) atoms. The van der Waals surface area contributed by atoms with Gasteiger partial charge in [-0.05, 0) is 26.0 Å². The Hall–Kier alpha value is -1.95. The van der Waals surface area contributed by atoms with Crippen LogP contribution in [0, 0.1) is 6.92 Å². The maximum Gasteiger partial charge on any atom is 0.139 e. The van der Waals surface area contributed by atoms with Crippen LogP contribution >= 0.6 is 0 Å². The van der Waals surface area contributed by atoms with Gasteiger partial charge < -0.3 is 14.9 Å². The van der Waals surface area contributed by atoms with E-state index in [-0.39, 0.29) is 6.04 Å². The summed E-state index contributed by atoms with van der Waals surface area (Å²) in [7, 11) is 0. The van der Waals surface area contributed by atoms with Gasteiger partial charge in [0.05, 0.1) is 17.8 Å². The summed E-state index contributed by atoms with van der Waals surface area (Å²) in [5, 5.41) is 4.11. The van der Waals surface area contributed by atoms with Gasteiger partial charge in [-0.15, -0.1) is 0 Å². The number of halogens is 1. The van der Waals surface area contributed by atoms with Gasteiger partial charge in [0.1, 0.15) is 23.2 Å². The molecule has 4 rings (SSSR count). The fraction of sp³-hybridized carbons (Fsp3) is 0.429. The predicted molar refractivity (Wildman–Crippen MR) is 75.5 cm³/mol. The van der Waals surface area contributed by atoms with E-state index in [2.05, 4.69) is 24.8 Å². The van der Waals surface area contributed by atoms with Crippen LogP contribution in [0.3, 0.4) is 0 Å². The van der Waals surface area contributed by atoms with E-state index in [0.29, 0.717) is 6.54 Å². The third-order valence-electron chi connectivity index (χ3n) is 4.12. The lowest BCUT2D eigenvalue weighted by Gasteiger charge is -2.29. The number of aromatic nitrogens is 4. The number of alkyl halides is 1. The molecule has 0 saturated carbocycles. The van der Waals surface area contributed by atoms with Gasteiger partial charge in [0, 0.05) is 18.1 Å². The number of nitrogens with one attached hydrogen (secondary N) is 2. The standard InChI is InChI=1S/C14H16FN5/c1-8-19-11-7-18-14-9(2-5-17-14)13(11)20(8)12-3-4-16-6-10(12)15/h2,5,7,10,12,16H,3-4,6H2,1H3,(H,17,18)/t10-,12-/m1/s1. The molecule has 0 aromatic carbocycles. The minimum Gasteiger partial charge on any atom is -0.346 e. The van der Waals surface area contributed by atoms with Crippen molar-refractivity contribution in [1.82, 2.24) is 24.8 Å². The predicted octanol–water partition coefficient (Wildman–Crippen LogP) is 2.09. The van der Waals surface area contributed by atoms with Crippen LogP contribution in [0.25, 0.3) is 22.1 Å². The molecule has 2 N–H and O–H groups in total. The first-order chi connectivity index (χ1) is 9.75. The van der Waals surface area contributed by atoms with Crippen LogP contribution < -0.4 is 5.32 Å². The molecule has 1 aliphatic heterocycles. The minimum atomic E-state index is -0.887. The Bertz CT molecular complexity index is 774. The third kappa shape index (κ3) is 1.57. The molecule has 0 radical (unpaired) electrons. The average Bonchev–Trinajstić information content (AvgIpc) is 3.02. The Labute approximate surface area is 115 Å². The summed E-state index contributed by atoms with van der Waals surface area (Å²) in [6.07, 6.45) is 3.51. The van der Waals surface area contributed by atoms with E-state index in [9.17, 15) is 4.39 Å². The van der Waals surface area contributed by atoms with E-state index in [1.807, 2.05) is 19.2 Å². The minimum absolute atomic E-state index is 0.151. The summed E-state index contributed by atoms with van der Waals surface area (Å²) in [6.45, 7) is 3.18. The lowest BCUT2D eigenvalue weighted by Crippen LogP contribution is -2.39. The summed E-state index contributed by atoms with van der Waals surface area (Å²) in [5.74, 6) is 0.852. The van der Waals surface area contributed by atoms with Crippen molar-refractivity contribution in [3.05, 3.63) is 24.3 Å². The Morgan fingerprint density at radius 3 is 3.20 bits per heavy atom. The van der Waals surface area contributed by atoms with Crippen molar-refractivity contribution in [3.8, 4) is 0 Å². The number of aryl methyl sites for hydroxylation is 1. The normalized spacial score (nSPS) is 23.7. The molecule has 1 aliphatic rings. The first-order valence-electron chi connectivity index (χ1n) is 6.91. The van der Waals surface area contributed by atoms with Gasteiger partial charge in [0.15, 0.2) is 0 Å². The van der Waals surface area contributed by atoms with Gasteiger partial charge in [-0.25, -0.2) is 14.4 Å². The van der Waals surface area contributed by atoms with E-state index >= 15 is 0 Å². The van der Waals surface area contributed by atoms with Gasteiger partial charge in [-0.1, -0.05) is 0 Å². The zero-order valence-corrected chi connectivity index (χ0v) is 11.2. The van der Waals surface area contributed by atoms with E-state index in [4.69, 9.17) is 0 Å². The van der Waals surface area contributed by atoms with Crippen LogP contribution in [-0.4, -0.2) is 38.8 Å². The molecule has 0 aliphatic carbocycles. The van der Waals surface area contributed by atoms with E-state index < -0.39 is 6.17 Å². The van der Waals surface area contributed by atoms with Crippen molar-refractivity contribution in [2.45, 2.75) is 25.6 Å². The molecule has 3 aromatic heterocycles. The van der Waals surface area contributed by atoms with E-state index in [1.54, 1.807) is 6.20 Å². The zero-order valence-electron chi connectivity index (χ0n) is 11.2. The fourth-order valence-corrected chi connectivity index (χ4v) is 3.21. The highest BCUT2D eigenvalue weighted by molar-refractivity contribution is 6.01. The quantitative estimate of drug-likeness (QED) is 0.714. The number of hydrogen-bond donors (Lipinski definition) is 2. The molecule has 5 nitrogen and oxygen atoms in total. The number of piperidine rings is 1. The van der Waals surface area contributed by atoms with E-state index in [1.165, 1.54) is 0 Å². The number of pyridine rings is 1. The number of nitrogens with zero attached hydrogens (tertiary/aromatic N) is 3. The number of aromatic amines is 1. The van der Waals surface area contributed by atoms with Crippen LogP contribution in [0.4, 0.5) is 4.39 Å². The van der Waals surface area contributed by atoms with Crippen molar-refractivity contribution in [1.29, 1.82) is 0 Å². The molecule has 6 heteroatoms. The Morgan fingerprint density at radius 1 is 1.45 bits per heavy atom. The number of H-pyrrole nitrogens is 1. The molecule has 1 saturated heterocycles. The molecule has 4 heterocycles. The highest BCUT2D eigenvalue weighted by atomic mass is 19.1. The number of hydrogen-bond acceptors (Lipinski definition) is 3. The van der Waals surface area contributed by atoms with E-state index in [0.717, 1.165) is 40.9 Å². The SMILES string of the molecule is Cc1nc2cnc3[nH]ccc3c2n1[C@@H]1CCNC[C@H]1F. The smallest absolute Gasteiger partial charge is 0.139 e. The van der Waals surface area contributed by atoms with Crippen LogP contribution in [0.2, 0.25) is 0 Å². The zero-order chi connectivity index (χ0) is 13.7. The molecule has 0 bridgehead atoms. The number of fused-ring (bicyclic) bond motifs is 3. The summed E-state index contributed by atoms with van der Waals surface area (Å²) >= 11 is 0. The van der Waals surface area contributed by atoms with Gasteiger partial charge in [-0.3, -0.25) is 0 Å². The highest BCUT2D eigenvalue weighted by Crippen LogP contribution is 2.31. The lowest BCUT2D eigenvalue weighted by atomic mass is 10.0. The third-order valence-corrected chi connectivity index (χ3v) is 4.12. The van der Waals surface area contributed by atoms with Crippen LogP contribution in [0.1, 0.15) is 18.3 Å². The Morgan fingerprint density at radius 2 is 2.35 bits per heavy atom. The summed E-state index contributed by atoms with van der Waals surface area (Å²) in [4.78, 5) is 12.0. The average molecular weight is 273 g/mol. The first kappa shape index (κ1) is 11.8. The molecule has 0 spiro atoms. The molecular formula is C14H16FN5. The van der Waals surface area contributed by atoms with Gasteiger partial charge >= 0.3 is 0 Å². The van der Waals surface area contributed by atoms with Crippen molar-refractivity contribution < 1.29 is 4.39 Å². The lowest BCUT2D eigenvalue weighted by molar-refractivity contribution is 0.185. The number of imidazole rings is 1. The monoisotopic (exact) mass is 273 g/mol. The van der Waals surface area contributed by atoms with Crippen molar-refractivity contribution in [2.75, 3.05) is 13.1 Å². The first-order valence-corrected chi connectivity index (χ1v) is 6.91. The van der Waals surface area contributed by atoms with Crippen molar-refractivity contribution in [3.63, 3.8) is 0 Å². The number of rotatable bonds is 1. The second kappa shape index (κ2) is 4.28. The maximum atomic E-state index is 14.3. The van der Waals surface area contributed by atoms with Gasteiger partial charge in [-0.2, -0.15) is 0 Å². The maximum absolute atomic E-state index is 14.3. The van der Waals surface area contributed by atoms with Gasteiger partial charge in [0.2, 0.25) is 0 Å². The van der Waals surface area contributed by atoms with Gasteiger partial charge in [0.25, 0.3) is 0 Å². The van der Waals surface area contributed by atoms with Crippen LogP contribution in [0.15, 0.2) is 18.5 Å². The second-order valence-corrected chi connectivity index (χ2v) is 5.34. The topological polar surface area (TPSA) is 58.5 Å². The Balaban J connectivity index is 2.01. The molecular weight excluding hydrogens is 257 g/mol. The summed E-state index contributed by atoms with van der Waals surface area (Å²) < 4.78 is 16.4. The van der Waals surface area contributed by atoms with Crippen LogP contribution in [-0.2, 0) is 0 Å². The molecule has 1 fully saturated rings. The fourth-order valence-electron chi connectivity index (χ4n) is 3.21. The molecule has 104 valence electrons. The van der Waals surface area contributed by atoms with Crippen molar-refractivity contribution in [2.24, 2.45) is 0 Å². The van der Waals surface area contributed by atoms with Crippen molar-refractivity contribution >= 4 is 22.1 Å².